The molecular formula is C13H14O5. The molecule has 0 saturated carbocycles. The highest BCUT2D eigenvalue weighted by molar-refractivity contribution is 5.96. The number of hydrogen-bond acceptors (Lipinski definition) is 5. The van der Waals surface area contributed by atoms with E-state index in [9.17, 15) is 14.4 Å². The highest BCUT2D eigenvalue weighted by Gasteiger charge is 2.07. The van der Waals surface area contributed by atoms with E-state index in [0.717, 1.165) is 0 Å². The second-order valence-electron chi connectivity index (χ2n) is 3.63. The lowest BCUT2D eigenvalue weighted by Crippen LogP contribution is -2.07. The molecule has 0 aromatic heterocycles. The third kappa shape index (κ3) is 4.78. The Morgan fingerprint density at radius 2 is 1.61 bits per heavy atom. The quantitative estimate of drug-likeness (QED) is 0.452. The van der Waals surface area contributed by atoms with Gasteiger partial charge in [-0.05, 0) is 24.3 Å². The molecule has 5 nitrogen and oxygen atoms in total. The summed E-state index contributed by atoms with van der Waals surface area (Å²) in [5.41, 5.74) is 0.484. The van der Waals surface area contributed by atoms with Crippen molar-refractivity contribution in [2.75, 3.05) is 6.61 Å². The van der Waals surface area contributed by atoms with Crippen LogP contribution in [0.15, 0.2) is 24.3 Å². The lowest BCUT2D eigenvalue weighted by Gasteiger charge is -2.04. The van der Waals surface area contributed by atoms with Gasteiger partial charge in [0.2, 0.25) is 0 Å². The molecular weight excluding hydrogens is 236 g/mol. The van der Waals surface area contributed by atoms with Crippen LogP contribution in [-0.4, -0.2) is 24.3 Å². The SMILES string of the molecule is CC(=O)OCCC(=O)c1ccc(OC(C)=O)cc1. The Morgan fingerprint density at radius 3 is 2.11 bits per heavy atom. The lowest BCUT2D eigenvalue weighted by molar-refractivity contribution is -0.140. The highest BCUT2D eigenvalue weighted by atomic mass is 16.5. The molecule has 0 amide bonds. The van der Waals surface area contributed by atoms with E-state index in [2.05, 4.69) is 4.74 Å². The average molecular weight is 250 g/mol. The van der Waals surface area contributed by atoms with Crippen molar-refractivity contribution in [1.82, 2.24) is 0 Å². The van der Waals surface area contributed by atoms with Crippen molar-refractivity contribution >= 4 is 17.7 Å². The zero-order valence-corrected chi connectivity index (χ0v) is 10.3. The van der Waals surface area contributed by atoms with E-state index in [-0.39, 0.29) is 18.8 Å². The molecule has 0 bridgehead atoms. The summed E-state index contributed by atoms with van der Waals surface area (Å²) < 4.78 is 9.52. The van der Waals surface area contributed by atoms with Crippen LogP contribution in [0, 0.1) is 0 Å². The number of benzene rings is 1. The topological polar surface area (TPSA) is 69.7 Å². The summed E-state index contributed by atoms with van der Waals surface area (Å²) in [6.45, 7) is 2.66. The van der Waals surface area contributed by atoms with Crippen LogP contribution in [0.1, 0.15) is 30.6 Å². The molecule has 0 radical (unpaired) electrons. The van der Waals surface area contributed by atoms with Gasteiger partial charge >= 0.3 is 11.9 Å². The van der Waals surface area contributed by atoms with Crippen LogP contribution < -0.4 is 4.74 Å². The highest BCUT2D eigenvalue weighted by Crippen LogP contribution is 2.13. The summed E-state index contributed by atoms with van der Waals surface area (Å²) >= 11 is 0. The van der Waals surface area contributed by atoms with Crippen molar-refractivity contribution in [3.05, 3.63) is 29.8 Å². The van der Waals surface area contributed by atoms with Crippen molar-refractivity contribution in [2.24, 2.45) is 0 Å². The van der Waals surface area contributed by atoms with Gasteiger partial charge in [-0.2, -0.15) is 0 Å². The first-order chi connectivity index (χ1) is 8.49. The van der Waals surface area contributed by atoms with Gasteiger partial charge in [0.1, 0.15) is 5.75 Å². The fourth-order valence-corrected chi connectivity index (χ4v) is 1.31. The summed E-state index contributed by atoms with van der Waals surface area (Å²) in [5.74, 6) is -0.568. The van der Waals surface area contributed by atoms with Crippen molar-refractivity contribution in [2.45, 2.75) is 20.3 Å². The molecule has 96 valence electrons. The predicted molar refractivity (Wildman–Crippen MR) is 63.3 cm³/mol. The van der Waals surface area contributed by atoms with Crippen LogP contribution in [0.4, 0.5) is 0 Å². The molecule has 5 heteroatoms. The fourth-order valence-electron chi connectivity index (χ4n) is 1.31. The predicted octanol–water partition coefficient (Wildman–Crippen LogP) is 1.75. The van der Waals surface area contributed by atoms with E-state index < -0.39 is 11.9 Å². The van der Waals surface area contributed by atoms with Crippen molar-refractivity contribution in [1.29, 1.82) is 0 Å². The third-order valence-corrected chi connectivity index (χ3v) is 2.07. The molecule has 1 rings (SSSR count). The van der Waals surface area contributed by atoms with E-state index in [1.165, 1.54) is 13.8 Å². The number of hydrogen-bond donors (Lipinski definition) is 0. The maximum absolute atomic E-state index is 11.7. The molecule has 0 aliphatic rings. The summed E-state index contributed by atoms with van der Waals surface area (Å²) in [6.07, 6.45) is 0.131. The van der Waals surface area contributed by atoms with Gasteiger partial charge in [0.25, 0.3) is 0 Å². The molecule has 0 spiro atoms. The largest absolute Gasteiger partial charge is 0.465 e. The number of ketones is 1. The van der Waals surface area contributed by atoms with Gasteiger partial charge < -0.3 is 9.47 Å². The minimum atomic E-state index is -0.413. The Kier molecular flexibility index (Phi) is 5.05. The molecule has 1 aromatic carbocycles. The molecule has 1 aromatic rings. The maximum Gasteiger partial charge on any atom is 0.308 e. The number of esters is 2. The molecule has 0 aliphatic carbocycles. The van der Waals surface area contributed by atoms with Gasteiger partial charge in [0.05, 0.1) is 6.61 Å². The van der Waals surface area contributed by atoms with Crippen LogP contribution in [-0.2, 0) is 14.3 Å². The van der Waals surface area contributed by atoms with Crippen LogP contribution in [0.5, 0.6) is 5.75 Å². The number of ether oxygens (including phenoxy) is 2. The minimum absolute atomic E-state index is 0.0693. The van der Waals surface area contributed by atoms with Gasteiger partial charge in [-0.1, -0.05) is 0 Å². The van der Waals surface area contributed by atoms with E-state index in [1.807, 2.05) is 0 Å². The standard InChI is InChI=1S/C13H14O5/c1-9(14)17-8-7-13(16)11-3-5-12(6-4-11)18-10(2)15/h3-6H,7-8H2,1-2H3. The number of Topliss-reactive ketones (excluding diaryl/α,β-unsaturated/α-hetero) is 1. The van der Waals surface area contributed by atoms with E-state index in [4.69, 9.17) is 4.74 Å². The van der Waals surface area contributed by atoms with Crippen LogP contribution in [0.25, 0.3) is 0 Å². The summed E-state index contributed by atoms with van der Waals surface area (Å²) in [4.78, 5) is 32.9. The second kappa shape index (κ2) is 6.54. The number of carbonyl (C=O) groups excluding carboxylic acids is 3. The monoisotopic (exact) mass is 250 g/mol. The van der Waals surface area contributed by atoms with E-state index in [1.54, 1.807) is 24.3 Å². The maximum atomic E-state index is 11.7. The first kappa shape index (κ1) is 13.9. The summed E-state index contributed by atoms with van der Waals surface area (Å²) in [7, 11) is 0. The first-order valence-electron chi connectivity index (χ1n) is 5.44. The number of rotatable bonds is 5. The van der Waals surface area contributed by atoms with Crippen LogP contribution >= 0.6 is 0 Å². The Hall–Kier alpha value is -2.17. The van der Waals surface area contributed by atoms with Gasteiger partial charge in [-0.25, -0.2) is 0 Å². The van der Waals surface area contributed by atoms with Gasteiger partial charge in [-0.3, -0.25) is 14.4 Å². The van der Waals surface area contributed by atoms with E-state index in [0.29, 0.717) is 11.3 Å². The lowest BCUT2D eigenvalue weighted by atomic mass is 10.1. The summed E-state index contributed by atoms with van der Waals surface area (Å²) in [6, 6.07) is 6.21. The zero-order valence-electron chi connectivity index (χ0n) is 10.3. The molecule has 18 heavy (non-hydrogen) atoms. The van der Waals surface area contributed by atoms with Gasteiger partial charge in [0, 0.05) is 25.8 Å². The number of carbonyl (C=O) groups is 3. The van der Waals surface area contributed by atoms with Crippen LogP contribution in [0.3, 0.4) is 0 Å². The average Bonchev–Trinajstić information content (AvgIpc) is 2.28. The molecule has 0 heterocycles. The molecule has 0 unspecified atom stereocenters. The van der Waals surface area contributed by atoms with Crippen LogP contribution in [0.2, 0.25) is 0 Å². The molecule has 0 N–H and O–H groups in total. The van der Waals surface area contributed by atoms with Crippen molar-refractivity contribution in [3.63, 3.8) is 0 Å². The Bertz CT molecular complexity index is 447. The normalized spacial score (nSPS) is 9.67. The van der Waals surface area contributed by atoms with Crippen molar-refractivity contribution < 1.29 is 23.9 Å². The van der Waals surface area contributed by atoms with Crippen molar-refractivity contribution in [3.8, 4) is 5.75 Å². The van der Waals surface area contributed by atoms with Gasteiger partial charge in [0.15, 0.2) is 5.78 Å². The second-order valence-corrected chi connectivity index (χ2v) is 3.63. The third-order valence-electron chi connectivity index (χ3n) is 2.07. The van der Waals surface area contributed by atoms with E-state index >= 15 is 0 Å². The summed E-state index contributed by atoms with van der Waals surface area (Å²) in [5, 5.41) is 0. The molecule has 0 fully saturated rings. The Labute approximate surface area is 105 Å². The molecule has 0 saturated heterocycles. The first-order valence-corrected chi connectivity index (χ1v) is 5.44. The molecule has 0 aliphatic heterocycles. The smallest absolute Gasteiger partial charge is 0.308 e. The Morgan fingerprint density at radius 1 is 1.00 bits per heavy atom. The minimum Gasteiger partial charge on any atom is -0.465 e. The fraction of sp³-hybridized carbons (Fsp3) is 0.308. The van der Waals surface area contributed by atoms with Gasteiger partial charge in [-0.15, -0.1) is 0 Å². The Balaban J connectivity index is 2.53. The zero-order chi connectivity index (χ0) is 13.5. The molecule has 0 atom stereocenters.